The molecule has 1 atom stereocenters. The van der Waals surface area contributed by atoms with E-state index in [0.29, 0.717) is 12.0 Å². The van der Waals surface area contributed by atoms with Crippen LogP contribution in [0.4, 0.5) is 0 Å². The van der Waals surface area contributed by atoms with Crippen molar-refractivity contribution in [2.24, 2.45) is 5.92 Å². The van der Waals surface area contributed by atoms with Gasteiger partial charge in [-0.05, 0) is 43.3 Å². The Hall–Kier alpha value is -0.123. The lowest BCUT2D eigenvalue weighted by Crippen LogP contribution is -2.46. The normalized spacial score (nSPS) is 20.7. The number of rotatable bonds is 5. The molecule has 106 valence electrons. The molecule has 0 bridgehead atoms. The van der Waals surface area contributed by atoms with E-state index in [9.17, 15) is 0 Å². The molecule has 0 aromatic heterocycles. The molecule has 1 rings (SSSR count). The van der Waals surface area contributed by atoms with Crippen LogP contribution in [0.1, 0.15) is 40.0 Å². The first-order chi connectivity index (χ1) is 8.28. The Kier molecular flexibility index (Phi) is 5.62. The van der Waals surface area contributed by atoms with E-state index in [-0.39, 0.29) is 5.04 Å². The first-order valence-corrected chi connectivity index (χ1v) is 10.0. The van der Waals surface area contributed by atoms with Crippen molar-refractivity contribution in [1.82, 2.24) is 0 Å². The quantitative estimate of drug-likeness (QED) is 0.545. The summed E-state index contributed by atoms with van der Waals surface area (Å²) < 4.78 is 12.0. The fourth-order valence-electron chi connectivity index (χ4n) is 2.14. The molecule has 1 aliphatic heterocycles. The van der Waals surface area contributed by atoms with Crippen molar-refractivity contribution in [3.63, 3.8) is 0 Å². The number of hydrogen-bond acceptors (Lipinski definition) is 2. The average Bonchev–Trinajstić information content (AvgIpc) is 2.28. The highest BCUT2D eigenvalue weighted by Crippen LogP contribution is 2.39. The summed E-state index contributed by atoms with van der Waals surface area (Å²) in [4.78, 5) is 0. The van der Waals surface area contributed by atoms with Gasteiger partial charge in [-0.3, -0.25) is 0 Å². The molecule has 0 aliphatic carbocycles. The van der Waals surface area contributed by atoms with Crippen molar-refractivity contribution in [2.45, 2.75) is 64.3 Å². The van der Waals surface area contributed by atoms with Crippen molar-refractivity contribution < 1.29 is 9.16 Å². The molecule has 0 radical (unpaired) electrons. The van der Waals surface area contributed by atoms with Crippen LogP contribution in [-0.4, -0.2) is 27.6 Å². The molecule has 2 nitrogen and oxygen atoms in total. The Morgan fingerprint density at radius 2 is 1.89 bits per heavy atom. The molecule has 0 aromatic rings. The van der Waals surface area contributed by atoms with Gasteiger partial charge in [-0.1, -0.05) is 26.8 Å². The largest absolute Gasteiger partial charge is 0.413 e. The third-order valence-electron chi connectivity index (χ3n) is 4.44. The highest BCUT2D eigenvalue weighted by molar-refractivity contribution is 6.74. The van der Waals surface area contributed by atoms with E-state index in [1.807, 2.05) is 6.08 Å². The molecule has 1 heterocycles. The van der Waals surface area contributed by atoms with Gasteiger partial charge in [0.1, 0.15) is 0 Å². The SMILES string of the molecule is C=CC[C@H](O[Si](C)(C)C(C)(C)C)C1CCOCC1. The summed E-state index contributed by atoms with van der Waals surface area (Å²) in [7, 11) is -1.68. The molecule has 0 saturated carbocycles. The first-order valence-electron chi connectivity index (χ1n) is 7.14. The molecule has 0 unspecified atom stereocenters. The minimum atomic E-state index is -1.68. The van der Waals surface area contributed by atoms with Crippen LogP contribution in [0.3, 0.4) is 0 Å². The second-order valence-corrected chi connectivity index (χ2v) is 11.6. The van der Waals surface area contributed by atoms with E-state index in [0.717, 1.165) is 32.5 Å². The fourth-order valence-corrected chi connectivity index (χ4v) is 3.54. The van der Waals surface area contributed by atoms with Gasteiger partial charge in [-0.15, -0.1) is 6.58 Å². The highest BCUT2D eigenvalue weighted by atomic mass is 28.4. The Morgan fingerprint density at radius 3 is 2.33 bits per heavy atom. The van der Waals surface area contributed by atoms with Crippen molar-refractivity contribution >= 4 is 8.32 Å². The predicted molar refractivity (Wildman–Crippen MR) is 80.4 cm³/mol. The predicted octanol–water partition coefficient (Wildman–Crippen LogP) is 4.38. The lowest BCUT2D eigenvalue weighted by atomic mass is 9.92. The highest BCUT2D eigenvalue weighted by Gasteiger charge is 2.40. The maximum absolute atomic E-state index is 6.59. The van der Waals surface area contributed by atoms with Crippen LogP contribution in [-0.2, 0) is 9.16 Å². The van der Waals surface area contributed by atoms with Crippen LogP contribution >= 0.6 is 0 Å². The molecular formula is C15H30O2Si. The van der Waals surface area contributed by atoms with Gasteiger partial charge in [0.25, 0.3) is 0 Å². The zero-order chi connectivity index (χ0) is 13.8. The van der Waals surface area contributed by atoms with Crippen LogP contribution in [0.25, 0.3) is 0 Å². The monoisotopic (exact) mass is 270 g/mol. The molecule has 0 N–H and O–H groups in total. The van der Waals surface area contributed by atoms with Crippen molar-refractivity contribution in [1.29, 1.82) is 0 Å². The zero-order valence-electron chi connectivity index (χ0n) is 12.8. The number of ether oxygens (including phenoxy) is 1. The van der Waals surface area contributed by atoms with E-state index in [1.165, 1.54) is 0 Å². The van der Waals surface area contributed by atoms with Crippen LogP contribution in [0.5, 0.6) is 0 Å². The molecule has 1 aliphatic rings. The first kappa shape index (κ1) is 15.9. The Bertz CT molecular complexity index is 262. The van der Waals surface area contributed by atoms with Crippen molar-refractivity contribution in [3.8, 4) is 0 Å². The summed E-state index contributed by atoms with van der Waals surface area (Å²) in [5.41, 5.74) is 0. The van der Waals surface area contributed by atoms with Gasteiger partial charge in [0.2, 0.25) is 0 Å². The molecule has 0 aromatic carbocycles. The van der Waals surface area contributed by atoms with Crippen molar-refractivity contribution in [2.75, 3.05) is 13.2 Å². The van der Waals surface area contributed by atoms with Gasteiger partial charge >= 0.3 is 0 Å². The van der Waals surface area contributed by atoms with E-state index < -0.39 is 8.32 Å². The van der Waals surface area contributed by atoms with Crippen LogP contribution in [0.2, 0.25) is 18.1 Å². The van der Waals surface area contributed by atoms with E-state index in [2.05, 4.69) is 40.4 Å². The maximum Gasteiger partial charge on any atom is 0.192 e. The average molecular weight is 270 g/mol. The summed E-state index contributed by atoms with van der Waals surface area (Å²) in [6.07, 6.45) is 5.58. The summed E-state index contributed by atoms with van der Waals surface area (Å²) >= 11 is 0. The third kappa shape index (κ3) is 4.21. The van der Waals surface area contributed by atoms with Crippen molar-refractivity contribution in [3.05, 3.63) is 12.7 Å². The van der Waals surface area contributed by atoms with Gasteiger partial charge < -0.3 is 9.16 Å². The Balaban J connectivity index is 2.70. The van der Waals surface area contributed by atoms with Gasteiger partial charge in [-0.25, -0.2) is 0 Å². The molecule has 0 spiro atoms. The lowest BCUT2D eigenvalue weighted by Gasteiger charge is -2.42. The third-order valence-corrected chi connectivity index (χ3v) is 8.95. The molecule has 0 amide bonds. The topological polar surface area (TPSA) is 18.5 Å². The van der Waals surface area contributed by atoms with E-state index >= 15 is 0 Å². The van der Waals surface area contributed by atoms with Gasteiger partial charge in [0.15, 0.2) is 8.32 Å². The molecule has 18 heavy (non-hydrogen) atoms. The Labute approximate surface area is 114 Å². The zero-order valence-corrected chi connectivity index (χ0v) is 13.8. The second kappa shape index (κ2) is 6.35. The van der Waals surface area contributed by atoms with E-state index in [4.69, 9.17) is 9.16 Å². The summed E-state index contributed by atoms with van der Waals surface area (Å²) in [6.45, 7) is 17.2. The summed E-state index contributed by atoms with van der Waals surface area (Å²) in [6, 6.07) is 0. The maximum atomic E-state index is 6.59. The molecule has 1 fully saturated rings. The second-order valence-electron chi connectivity index (χ2n) is 6.89. The fraction of sp³-hybridized carbons (Fsp3) is 0.867. The molecule has 3 heteroatoms. The van der Waals surface area contributed by atoms with Crippen LogP contribution < -0.4 is 0 Å². The summed E-state index contributed by atoms with van der Waals surface area (Å²) in [5, 5.41) is 0.275. The molecular weight excluding hydrogens is 240 g/mol. The minimum Gasteiger partial charge on any atom is -0.413 e. The van der Waals surface area contributed by atoms with Gasteiger partial charge in [-0.2, -0.15) is 0 Å². The number of hydrogen-bond donors (Lipinski definition) is 0. The summed E-state index contributed by atoms with van der Waals surface area (Å²) in [5.74, 6) is 0.644. The molecule has 1 saturated heterocycles. The standard InChI is InChI=1S/C15H30O2Si/c1-7-8-14(13-9-11-16-12-10-13)17-18(5,6)15(2,3)4/h7,13-14H,1,8-12H2,2-6H3/t14-/m0/s1. The van der Waals surface area contributed by atoms with Crippen LogP contribution in [0, 0.1) is 5.92 Å². The van der Waals surface area contributed by atoms with E-state index in [1.54, 1.807) is 0 Å². The van der Waals surface area contributed by atoms with Gasteiger partial charge in [0.05, 0.1) is 6.10 Å². The lowest BCUT2D eigenvalue weighted by molar-refractivity contribution is 0.0141. The smallest absolute Gasteiger partial charge is 0.192 e. The Morgan fingerprint density at radius 1 is 1.33 bits per heavy atom. The van der Waals surface area contributed by atoms with Gasteiger partial charge in [0, 0.05) is 13.2 Å². The minimum absolute atomic E-state index is 0.275. The van der Waals surface area contributed by atoms with Crippen LogP contribution in [0.15, 0.2) is 12.7 Å².